The van der Waals surface area contributed by atoms with E-state index in [4.69, 9.17) is 4.74 Å². The molecule has 0 fully saturated rings. The lowest BCUT2D eigenvalue weighted by molar-refractivity contribution is 0.102. The van der Waals surface area contributed by atoms with Crippen LogP contribution in [0.5, 0.6) is 0 Å². The number of aromatic amines is 1. The van der Waals surface area contributed by atoms with Crippen molar-refractivity contribution in [2.45, 2.75) is 33.4 Å². The topological polar surface area (TPSA) is 47.0 Å². The Balaban J connectivity index is 2.94. The molecule has 0 aliphatic carbocycles. The van der Waals surface area contributed by atoms with Crippen molar-refractivity contribution in [1.82, 2.24) is 9.55 Å². The molecular weight excluding hydrogens is 168 g/mol. The molecule has 1 atom stereocenters. The Kier molecular flexibility index (Phi) is 2.93. The maximum atomic E-state index is 11.4. The summed E-state index contributed by atoms with van der Waals surface area (Å²) >= 11 is 0. The van der Waals surface area contributed by atoms with E-state index in [-0.39, 0.29) is 11.8 Å². The number of H-pyrrole nitrogens is 1. The van der Waals surface area contributed by atoms with E-state index in [0.29, 0.717) is 6.54 Å². The van der Waals surface area contributed by atoms with Gasteiger partial charge in [-0.3, -0.25) is 4.57 Å². The zero-order valence-electron chi connectivity index (χ0n) is 8.55. The van der Waals surface area contributed by atoms with Gasteiger partial charge < -0.3 is 9.72 Å². The van der Waals surface area contributed by atoms with E-state index < -0.39 is 0 Å². The molecule has 13 heavy (non-hydrogen) atoms. The molecule has 0 saturated heterocycles. The van der Waals surface area contributed by atoms with Crippen molar-refractivity contribution < 1.29 is 4.74 Å². The molecule has 4 nitrogen and oxygen atoms in total. The molecule has 0 saturated carbocycles. The van der Waals surface area contributed by atoms with Crippen LogP contribution in [0, 0.1) is 13.8 Å². The summed E-state index contributed by atoms with van der Waals surface area (Å²) in [5.41, 5.74) is 1.85. The molecule has 1 N–H and O–H groups in total. The van der Waals surface area contributed by atoms with Crippen LogP contribution in [0.4, 0.5) is 0 Å². The predicted octanol–water partition coefficient (Wildman–Crippen LogP) is 0.828. The second-order valence-electron chi connectivity index (χ2n) is 3.30. The molecule has 1 aromatic rings. The van der Waals surface area contributed by atoms with Crippen LogP contribution in [0.25, 0.3) is 0 Å². The van der Waals surface area contributed by atoms with Gasteiger partial charge in [0, 0.05) is 18.5 Å². The van der Waals surface area contributed by atoms with Crippen molar-refractivity contribution in [3.05, 3.63) is 21.9 Å². The van der Waals surface area contributed by atoms with Crippen molar-refractivity contribution >= 4 is 0 Å². The molecule has 0 amide bonds. The lowest BCUT2D eigenvalue weighted by atomic mass is 10.3. The number of nitrogens with one attached hydrogen (secondary N) is 1. The number of nitrogens with zero attached hydrogens (tertiary/aromatic N) is 1. The zero-order chi connectivity index (χ0) is 10.0. The Morgan fingerprint density at radius 3 is 2.54 bits per heavy atom. The van der Waals surface area contributed by atoms with E-state index in [9.17, 15) is 4.79 Å². The fourth-order valence-electron chi connectivity index (χ4n) is 1.22. The van der Waals surface area contributed by atoms with E-state index in [0.717, 1.165) is 11.4 Å². The molecule has 0 radical (unpaired) electrons. The molecule has 0 aliphatic rings. The van der Waals surface area contributed by atoms with Gasteiger partial charge in [-0.15, -0.1) is 0 Å². The van der Waals surface area contributed by atoms with Crippen LogP contribution in [0.3, 0.4) is 0 Å². The standard InChI is InChI=1S/C9H16N2O2/c1-6(13-4)5-11-8(3)7(2)10-9(11)12/h6H,5H2,1-4H3,(H,10,12). The summed E-state index contributed by atoms with van der Waals surface area (Å²) in [6, 6.07) is 0. The third kappa shape index (κ3) is 2.01. The van der Waals surface area contributed by atoms with Crippen molar-refractivity contribution in [2.24, 2.45) is 0 Å². The third-order valence-corrected chi connectivity index (χ3v) is 2.33. The van der Waals surface area contributed by atoms with Crippen LogP contribution < -0.4 is 5.69 Å². The second-order valence-corrected chi connectivity index (χ2v) is 3.30. The molecule has 1 aromatic heterocycles. The number of hydrogen-bond donors (Lipinski definition) is 1. The van der Waals surface area contributed by atoms with Gasteiger partial charge >= 0.3 is 5.69 Å². The minimum absolute atomic E-state index is 0.0566. The van der Waals surface area contributed by atoms with Gasteiger partial charge in [0.2, 0.25) is 0 Å². The number of imidazole rings is 1. The first-order valence-corrected chi connectivity index (χ1v) is 4.35. The Hall–Kier alpha value is -1.03. The lowest BCUT2D eigenvalue weighted by Gasteiger charge is -2.10. The zero-order valence-corrected chi connectivity index (χ0v) is 8.55. The summed E-state index contributed by atoms with van der Waals surface area (Å²) in [6.07, 6.45) is 0.0617. The highest BCUT2D eigenvalue weighted by Gasteiger charge is 2.09. The molecule has 0 aromatic carbocycles. The first-order valence-electron chi connectivity index (χ1n) is 4.35. The number of aryl methyl sites for hydroxylation is 1. The largest absolute Gasteiger partial charge is 0.380 e. The van der Waals surface area contributed by atoms with Crippen LogP contribution in [0.15, 0.2) is 4.79 Å². The SMILES string of the molecule is COC(C)Cn1c(C)c(C)[nH]c1=O. The van der Waals surface area contributed by atoms with Crippen LogP contribution in [0.2, 0.25) is 0 Å². The molecule has 4 heteroatoms. The average molecular weight is 184 g/mol. The minimum atomic E-state index is -0.0566. The Labute approximate surface area is 77.5 Å². The van der Waals surface area contributed by atoms with Gasteiger partial charge in [0.25, 0.3) is 0 Å². The van der Waals surface area contributed by atoms with Gasteiger partial charge in [-0.2, -0.15) is 0 Å². The minimum Gasteiger partial charge on any atom is -0.380 e. The van der Waals surface area contributed by atoms with Crippen LogP contribution in [0.1, 0.15) is 18.3 Å². The van der Waals surface area contributed by atoms with E-state index in [2.05, 4.69) is 4.98 Å². The quantitative estimate of drug-likeness (QED) is 0.756. The van der Waals surface area contributed by atoms with Crippen LogP contribution in [-0.2, 0) is 11.3 Å². The first-order chi connectivity index (χ1) is 6.06. The smallest absolute Gasteiger partial charge is 0.325 e. The fourth-order valence-corrected chi connectivity index (χ4v) is 1.22. The summed E-state index contributed by atoms with van der Waals surface area (Å²) in [5.74, 6) is 0. The lowest BCUT2D eigenvalue weighted by Crippen LogP contribution is -2.24. The molecule has 1 unspecified atom stereocenters. The fraction of sp³-hybridized carbons (Fsp3) is 0.667. The molecule has 0 bridgehead atoms. The predicted molar refractivity (Wildman–Crippen MR) is 51.0 cm³/mol. The van der Waals surface area contributed by atoms with E-state index in [1.807, 2.05) is 20.8 Å². The van der Waals surface area contributed by atoms with Gasteiger partial charge in [0.1, 0.15) is 0 Å². The molecule has 0 aliphatic heterocycles. The molecular formula is C9H16N2O2. The van der Waals surface area contributed by atoms with Crippen molar-refractivity contribution in [3.63, 3.8) is 0 Å². The number of hydrogen-bond acceptors (Lipinski definition) is 2. The molecule has 0 spiro atoms. The Morgan fingerprint density at radius 2 is 2.15 bits per heavy atom. The number of rotatable bonds is 3. The molecule has 1 rings (SSSR count). The Bertz CT molecular complexity index is 338. The van der Waals surface area contributed by atoms with Crippen LogP contribution in [-0.4, -0.2) is 22.8 Å². The summed E-state index contributed by atoms with van der Waals surface area (Å²) in [5, 5.41) is 0. The first kappa shape index (κ1) is 10.1. The summed E-state index contributed by atoms with van der Waals surface area (Å²) in [4.78, 5) is 14.1. The Morgan fingerprint density at radius 1 is 1.54 bits per heavy atom. The number of ether oxygens (including phenoxy) is 1. The van der Waals surface area contributed by atoms with Gasteiger partial charge in [-0.1, -0.05) is 0 Å². The maximum absolute atomic E-state index is 11.4. The molecule has 74 valence electrons. The summed E-state index contributed by atoms with van der Waals surface area (Å²) in [7, 11) is 1.64. The van der Waals surface area contributed by atoms with Gasteiger partial charge in [0.05, 0.1) is 12.6 Å². The highest BCUT2D eigenvalue weighted by atomic mass is 16.5. The van der Waals surface area contributed by atoms with Gasteiger partial charge in [-0.05, 0) is 20.8 Å². The third-order valence-electron chi connectivity index (χ3n) is 2.33. The van der Waals surface area contributed by atoms with E-state index in [1.54, 1.807) is 11.7 Å². The van der Waals surface area contributed by atoms with E-state index in [1.165, 1.54) is 0 Å². The number of methoxy groups -OCH3 is 1. The average Bonchev–Trinajstić information content (AvgIpc) is 2.32. The normalized spacial score (nSPS) is 13.2. The summed E-state index contributed by atoms with van der Waals surface area (Å²) < 4.78 is 6.80. The maximum Gasteiger partial charge on any atom is 0.325 e. The van der Waals surface area contributed by atoms with Crippen molar-refractivity contribution in [1.29, 1.82) is 0 Å². The van der Waals surface area contributed by atoms with Crippen LogP contribution >= 0.6 is 0 Å². The molecule has 1 heterocycles. The van der Waals surface area contributed by atoms with E-state index >= 15 is 0 Å². The van der Waals surface area contributed by atoms with Gasteiger partial charge in [0.15, 0.2) is 0 Å². The van der Waals surface area contributed by atoms with Gasteiger partial charge in [-0.25, -0.2) is 4.79 Å². The highest BCUT2D eigenvalue weighted by molar-refractivity contribution is 5.08. The second kappa shape index (κ2) is 3.79. The van der Waals surface area contributed by atoms with Crippen molar-refractivity contribution in [3.8, 4) is 0 Å². The number of aromatic nitrogens is 2. The van der Waals surface area contributed by atoms with Crippen molar-refractivity contribution in [2.75, 3.05) is 7.11 Å². The highest BCUT2D eigenvalue weighted by Crippen LogP contribution is 2.02. The summed E-state index contributed by atoms with van der Waals surface area (Å²) in [6.45, 7) is 6.36. The monoisotopic (exact) mass is 184 g/mol.